The van der Waals surface area contributed by atoms with Crippen molar-refractivity contribution in [3.8, 4) is 0 Å². The summed E-state index contributed by atoms with van der Waals surface area (Å²) in [7, 11) is 0. The highest BCUT2D eigenvalue weighted by atomic mass is 16.1. The fourth-order valence-electron chi connectivity index (χ4n) is 2.88. The van der Waals surface area contributed by atoms with Gasteiger partial charge in [0, 0.05) is 38.8 Å². The van der Waals surface area contributed by atoms with Crippen molar-refractivity contribution >= 4 is 18.2 Å². The first kappa shape index (κ1) is 17.1. The van der Waals surface area contributed by atoms with E-state index < -0.39 is 0 Å². The minimum Gasteiger partial charge on any atom is -0.352 e. The zero-order valence-corrected chi connectivity index (χ0v) is 14.7. The van der Waals surface area contributed by atoms with E-state index in [1.807, 2.05) is 18.2 Å². The van der Waals surface area contributed by atoms with Gasteiger partial charge in [0.1, 0.15) is 0 Å². The fourth-order valence-corrected chi connectivity index (χ4v) is 2.88. The first-order chi connectivity index (χ1) is 12.2. The lowest BCUT2D eigenvalue weighted by Gasteiger charge is -2.33. The fraction of sp³-hybridized carbons (Fsp3) is 0.444. The van der Waals surface area contributed by atoms with E-state index in [-0.39, 0.29) is 6.04 Å². The summed E-state index contributed by atoms with van der Waals surface area (Å²) in [6.45, 7) is 7.93. The van der Waals surface area contributed by atoms with Crippen LogP contribution in [0.5, 0.6) is 0 Å². The zero-order chi connectivity index (χ0) is 17.6. The van der Waals surface area contributed by atoms with Gasteiger partial charge in [-0.1, -0.05) is 30.3 Å². The van der Waals surface area contributed by atoms with Crippen LogP contribution in [0, 0.1) is 0 Å². The number of aromatic nitrogens is 3. The molecule has 1 fully saturated rings. The molecule has 0 bridgehead atoms. The quantitative estimate of drug-likeness (QED) is 0.744. The number of hydrogen-bond acceptors (Lipinski definition) is 6. The Kier molecular flexibility index (Phi) is 5.42. The maximum atomic E-state index is 10.9. The molecule has 0 unspecified atom stereocenters. The van der Waals surface area contributed by atoms with Crippen LogP contribution in [0.2, 0.25) is 0 Å². The molecule has 25 heavy (non-hydrogen) atoms. The van der Waals surface area contributed by atoms with Gasteiger partial charge in [-0.3, -0.25) is 4.79 Å². The maximum Gasteiger partial charge on any atom is 0.247 e. The number of carbonyl (C=O) groups excluding carboxylic acids is 1. The van der Waals surface area contributed by atoms with Crippen molar-refractivity contribution in [2.45, 2.75) is 26.4 Å². The number of amides is 1. The Morgan fingerprint density at radius 3 is 2.52 bits per heavy atom. The second kappa shape index (κ2) is 7.92. The van der Waals surface area contributed by atoms with Gasteiger partial charge in [-0.15, -0.1) is 5.10 Å². The SMILES string of the molecule is CC(C)N(Cc1ccccc1)c1nncc(N2CCN(C=O)CC2)n1. The van der Waals surface area contributed by atoms with Gasteiger partial charge < -0.3 is 14.7 Å². The van der Waals surface area contributed by atoms with Gasteiger partial charge in [0.05, 0.1) is 6.20 Å². The Hall–Kier alpha value is -2.70. The van der Waals surface area contributed by atoms with Gasteiger partial charge in [-0.05, 0) is 19.4 Å². The topological polar surface area (TPSA) is 65.5 Å². The standard InChI is InChI=1S/C18H24N6O/c1-15(2)24(13-16-6-4-3-5-7-16)18-20-17(12-19-21-18)23-10-8-22(14-25)9-11-23/h3-7,12,14-15H,8-11,13H2,1-2H3. The highest BCUT2D eigenvalue weighted by molar-refractivity contribution is 5.49. The molecular weight excluding hydrogens is 316 g/mol. The third-order valence-electron chi connectivity index (χ3n) is 4.40. The summed E-state index contributed by atoms with van der Waals surface area (Å²) in [5.41, 5.74) is 1.21. The Morgan fingerprint density at radius 2 is 1.88 bits per heavy atom. The van der Waals surface area contributed by atoms with Crippen molar-refractivity contribution in [1.29, 1.82) is 0 Å². The summed E-state index contributed by atoms with van der Waals surface area (Å²) in [6, 6.07) is 10.5. The van der Waals surface area contributed by atoms with E-state index in [1.165, 1.54) is 5.56 Å². The van der Waals surface area contributed by atoms with Gasteiger partial charge in [0.25, 0.3) is 0 Å². The van der Waals surface area contributed by atoms with E-state index in [1.54, 1.807) is 11.1 Å². The van der Waals surface area contributed by atoms with E-state index in [2.05, 4.69) is 46.0 Å². The van der Waals surface area contributed by atoms with Gasteiger partial charge in [0.2, 0.25) is 12.4 Å². The monoisotopic (exact) mass is 340 g/mol. The Bertz CT molecular complexity index is 685. The summed E-state index contributed by atoms with van der Waals surface area (Å²) in [5, 5.41) is 8.42. The summed E-state index contributed by atoms with van der Waals surface area (Å²) in [4.78, 5) is 21.7. The lowest BCUT2D eigenvalue weighted by atomic mass is 10.2. The Balaban J connectivity index is 1.77. The third kappa shape index (κ3) is 4.23. The molecule has 2 heterocycles. The van der Waals surface area contributed by atoms with E-state index >= 15 is 0 Å². The van der Waals surface area contributed by atoms with Gasteiger partial charge >= 0.3 is 0 Å². The number of carbonyl (C=O) groups is 1. The Morgan fingerprint density at radius 1 is 1.16 bits per heavy atom. The molecule has 1 aliphatic heterocycles. The maximum absolute atomic E-state index is 10.9. The first-order valence-electron chi connectivity index (χ1n) is 8.62. The van der Waals surface area contributed by atoms with Crippen LogP contribution >= 0.6 is 0 Å². The van der Waals surface area contributed by atoms with E-state index in [9.17, 15) is 4.79 Å². The largest absolute Gasteiger partial charge is 0.352 e. The Labute approximate surface area is 148 Å². The molecule has 2 aromatic rings. The highest BCUT2D eigenvalue weighted by Crippen LogP contribution is 2.19. The van der Waals surface area contributed by atoms with E-state index in [0.29, 0.717) is 19.0 Å². The van der Waals surface area contributed by atoms with Gasteiger partial charge in [-0.25, -0.2) is 0 Å². The number of rotatable bonds is 6. The molecule has 0 aliphatic carbocycles. The molecule has 1 aromatic heterocycles. The van der Waals surface area contributed by atoms with E-state index in [4.69, 9.17) is 4.98 Å². The average molecular weight is 340 g/mol. The molecule has 7 heteroatoms. The number of piperazine rings is 1. The molecule has 1 amide bonds. The number of benzene rings is 1. The molecule has 3 rings (SSSR count). The van der Waals surface area contributed by atoms with Crippen molar-refractivity contribution in [1.82, 2.24) is 20.1 Å². The number of nitrogens with zero attached hydrogens (tertiary/aromatic N) is 6. The lowest BCUT2D eigenvalue weighted by Crippen LogP contribution is -2.46. The van der Waals surface area contributed by atoms with Crippen molar-refractivity contribution in [2.24, 2.45) is 0 Å². The predicted molar refractivity (Wildman–Crippen MR) is 97.4 cm³/mol. The molecule has 7 nitrogen and oxygen atoms in total. The van der Waals surface area contributed by atoms with Crippen LogP contribution in [0.4, 0.5) is 11.8 Å². The summed E-state index contributed by atoms with van der Waals surface area (Å²) >= 11 is 0. The van der Waals surface area contributed by atoms with Crippen LogP contribution < -0.4 is 9.80 Å². The minimum absolute atomic E-state index is 0.254. The van der Waals surface area contributed by atoms with Crippen molar-refractivity contribution < 1.29 is 4.79 Å². The highest BCUT2D eigenvalue weighted by Gasteiger charge is 2.20. The molecule has 0 N–H and O–H groups in total. The molecule has 0 saturated carbocycles. The molecule has 0 spiro atoms. The summed E-state index contributed by atoms with van der Waals surface area (Å²) < 4.78 is 0. The van der Waals surface area contributed by atoms with Crippen LogP contribution in [0.3, 0.4) is 0 Å². The normalized spacial score (nSPS) is 14.7. The minimum atomic E-state index is 0.254. The molecular formula is C18H24N6O. The van der Waals surface area contributed by atoms with Crippen molar-refractivity contribution in [3.05, 3.63) is 42.1 Å². The molecule has 132 valence electrons. The molecule has 0 radical (unpaired) electrons. The summed E-state index contributed by atoms with van der Waals surface area (Å²) in [6.07, 6.45) is 2.60. The molecule has 1 aliphatic rings. The van der Waals surface area contributed by atoms with Crippen LogP contribution in [0.15, 0.2) is 36.5 Å². The second-order valence-corrected chi connectivity index (χ2v) is 6.45. The average Bonchev–Trinajstić information content (AvgIpc) is 2.67. The second-order valence-electron chi connectivity index (χ2n) is 6.45. The van der Waals surface area contributed by atoms with Crippen molar-refractivity contribution in [3.63, 3.8) is 0 Å². The van der Waals surface area contributed by atoms with Crippen LogP contribution in [-0.4, -0.2) is 58.7 Å². The zero-order valence-electron chi connectivity index (χ0n) is 14.7. The smallest absolute Gasteiger partial charge is 0.247 e. The molecule has 1 saturated heterocycles. The van der Waals surface area contributed by atoms with Gasteiger partial charge in [-0.2, -0.15) is 10.1 Å². The third-order valence-corrected chi connectivity index (χ3v) is 4.40. The van der Waals surface area contributed by atoms with Gasteiger partial charge in [0.15, 0.2) is 5.82 Å². The molecule has 0 atom stereocenters. The lowest BCUT2D eigenvalue weighted by molar-refractivity contribution is -0.118. The molecule has 1 aromatic carbocycles. The first-order valence-corrected chi connectivity index (χ1v) is 8.62. The summed E-state index contributed by atoms with van der Waals surface area (Å²) in [5.74, 6) is 1.45. The van der Waals surface area contributed by atoms with Crippen molar-refractivity contribution in [2.75, 3.05) is 36.0 Å². The van der Waals surface area contributed by atoms with Crippen LogP contribution in [0.25, 0.3) is 0 Å². The number of hydrogen-bond donors (Lipinski definition) is 0. The predicted octanol–water partition coefficient (Wildman–Crippen LogP) is 1.56. The van der Waals surface area contributed by atoms with E-state index in [0.717, 1.165) is 31.9 Å². The van der Waals surface area contributed by atoms with Crippen LogP contribution in [-0.2, 0) is 11.3 Å². The van der Waals surface area contributed by atoms with Crippen LogP contribution in [0.1, 0.15) is 19.4 Å². The number of anilines is 2.